The molecule has 0 heterocycles. The summed E-state index contributed by atoms with van der Waals surface area (Å²) in [6.45, 7) is 1.82. The van der Waals surface area contributed by atoms with Gasteiger partial charge in [0, 0.05) is 6.07 Å². The van der Waals surface area contributed by atoms with Crippen molar-refractivity contribution in [3.63, 3.8) is 0 Å². The summed E-state index contributed by atoms with van der Waals surface area (Å²) in [5.41, 5.74) is -0.111. The van der Waals surface area contributed by atoms with E-state index in [0.717, 1.165) is 0 Å². The van der Waals surface area contributed by atoms with Crippen LogP contribution >= 0.6 is 0 Å². The molecule has 84 valence electrons. The molecule has 0 spiro atoms. The number of rotatable bonds is 3. The molecule has 0 atom stereocenters. The van der Waals surface area contributed by atoms with Gasteiger partial charge >= 0.3 is 5.97 Å². The van der Waals surface area contributed by atoms with E-state index < -0.39 is 5.97 Å². The van der Waals surface area contributed by atoms with E-state index in [4.69, 9.17) is 14.7 Å². The number of nitrogens with zero attached hydrogens (tertiary/aromatic N) is 1. The topological polar surface area (TPSA) is 79.6 Å². The van der Waals surface area contributed by atoms with Gasteiger partial charge in [0.25, 0.3) is 0 Å². The maximum Gasteiger partial charge on any atom is 0.343 e. The molecule has 1 rings (SSSR count). The molecule has 0 saturated heterocycles. The lowest BCUT2D eigenvalue weighted by Gasteiger charge is -2.08. The Labute approximate surface area is 92.8 Å². The molecule has 5 heteroatoms. The first-order valence-electron chi connectivity index (χ1n) is 4.62. The zero-order chi connectivity index (χ0) is 12.1. The van der Waals surface area contributed by atoms with Crippen molar-refractivity contribution in [3.05, 3.63) is 23.3 Å². The molecule has 0 unspecified atom stereocenters. The first-order chi connectivity index (χ1) is 7.63. The number of hydrogen-bond acceptors (Lipinski definition) is 5. The van der Waals surface area contributed by atoms with Crippen LogP contribution in [-0.4, -0.2) is 24.8 Å². The number of carbonyl (C=O) groups excluding carboxylic acids is 1. The van der Waals surface area contributed by atoms with Crippen molar-refractivity contribution in [3.8, 4) is 17.6 Å². The highest BCUT2D eigenvalue weighted by molar-refractivity contribution is 5.95. The molecule has 0 bridgehead atoms. The van der Waals surface area contributed by atoms with E-state index in [1.807, 2.05) is 6.07 Å². The molecule has 1 aromatic rings. The van der Waals surface area contributed by atoms with Crippen molar-refractivity contribution in [1.29, 1.82) is 5.26 Å². The van der Waals surface area contributed by atoms with Crippen LogP contribution in [0.15, 0.2) is 12.1 Å². The molecule has 0 aromatic heterocycles. The Hall–Kier alpha value is -2.22. The minimum absolute atomic E-state index is 0.0234. The van der Waals surface area contributed by atoms with Gasteiger partial charge in [-0.15, -0.1) is 0 Å². The Morgan fingerprint density at radius 1 is 1.56 bits per heavy atom. The second-order valence-electron chi connectivity index (χ2n) is 2.90. The third kappa shape index (κ3) is 2.23. The van der Waals surface area contributed by atoms with E-state index >= 15 is 0 Å². The minimum atomic E-state index is -0.723. The summed E-state index contributed by atoms with van der Waals surface area (Å²) < 4.78 is 9.60. The number of aromatic hydroxyl groups is 1. The van der Waals surface area contributed by atoms with Crippen LogP contribution in [0.25, 0.3) is 0 Å². The number of methoxy groups -OCH3 is 1. The summed E-state index contributed by atoms with van der Waals surface area (Å²) in [6, 6.07) is 4.43. The van der Waals surface area contributed by atoms with Crippen LogP contribution in [0.3, 0.4) is 0 Å². The summed E-state index contributed by atoms with van der Waals surface area (Å²) in [7, 11) is 1.40. The average Bonchev–Trinajstić information content (AvgIpc) is 2.27. The van der Waals surface area contributed by atoms with Gasteiger partial charge in [-0.25, -0.2) is 4.79 Å². The van der Waals surface area contributed by atoms with Gasteiger partial charge < -0.3 is 14.6 Å². The lowest BCUT2D eigenvalue weighted by Crippen LogP contribution is -2.07. The van der Waals surface area contributed by atoms with E-state index in [1.165, 1.54) is 19.2 Å². The Morgan fingerprint density at radius 2 is 2.25 bits per heavy atom. The lowest BCUT2D eigenvalue weighted by atomic mass is 10.1. The zero-order valence-corrected chi connectivity index (χ0v) is 8.98. The monoisotopic (exact) mass is 221 g/mol. The first-order valence-corrected chi connectivity index (χ1v) is 4.62. The summed E-state index contributed by atoms with van der Waals surface area (Å²) in [5, 5.41) is 18.5. The van der Waals surface area contributed by atoms with Gasteiger partial charge in [-0.2, -0.15) is 5.26 Å². The molecular formula is C11H11NO4. The molecular weight excluding hydrogens is 210 g/mol. The fraction of sp³-hybridized carbons (Fsp3) is 0.273. The third-order valence-electron chi connectivity index (χ3n) is 1.93. The number of phenols is 1. The van der Waals surface area contributed by atoms with Crippen molar-refractivity contribution >= 4 is 5.97 Å². The van der Waals surface area contributed by atoms with Crippen LogP contribution in [0.5, 0.6) is 11.5 Å². The molecule has 1 N–H and O–H groups in total. The van der Waals surface area contributed by atoms with E-state index in [0.29, 0.717) is 5.75 Å². The predicted molar refractivity (Wildman–Crippen MR) is 55.3 cm³/mol. The van der Waals surface area contributed by atoms with Crippen LogP contribution in [0.1, 0.15) is 22.8 Å². The first kappa shape index (κ1) is 11.9. The number of carbonyl (C=O) groups is 1. The standard InChI is InChI=1S/C11H11NO4/c1-3-16-11(14)10-7(6-12)4-8(15-2)5-9(10)13/h4-5,13H,3H2,1-2H3. The van der Waals surface area contributed by atoms with Gasteiger partial charge in [-0.05, 0) is 13.0 Å². The number of nitriles is 1. The fourth-order valence-electron chi connectivity index (χ4n) is 1.22. The molecule has 0 radical (unpaired) electrons. The number of ether oxygens (including phenoxy) is 2. The van der Waals surface area contributed by atoms with E-state index in [2.05, 4.69) is 0 Å². The summed E-state index contributed by atoms with van der Waals surface area (Å²) in [6.07, 6.45) is 0. The van der Waals surface area contributed by atoms with Crippen LogP contribution in [0.4, 0.5) is 0 Å². The van der Waals surface area contributed by atoms with Crippen molar-refractivity contribution in [2.75, 3.05) is 13.7 Å². The molecule has 5 nitrogen and oxygen atoms in total. The molecule has 1 aromatic carbocycles. The highest BCUT2D eigenvalue weighted by Gasteiger charge is 2.19. The maximum absolute atomic E-state index is 11.5. The third-order valence-corrected chi connectivity index (χ3v) is 1.93. The SMILES string of the molecule is CCOC(=O)c1c(O)cc(OC)cc1C#N. The second-order valence-corrected chi connectivity index (χ2v) is 2.90. The lowest BCUT2D eigenvalue weighted by molar-refractivity contribution is 0.0522. The molecule has 0 saturated carbocycles. The molecule has 0 aliphatic heterocycles. The van der Waals surface area contributed by atoms with Crippen LogP contribution in [-0.2, 0) is 4.74 Å². The number of hydrogen-bond donors (Lipinski definition) is 1. The second kappa shape index (κ2) is 5.03. The van der Waals surface area contributed by atoms with Gasteiger partial charge in [0.15, 0.2) is 0 Å². The summed E-state index contributed by atoms with van der Waals surface area (Å²) in [4.78, 5) is 11.5. The van der Waals surface area contributed by atoms with Crippen LogP contribution in [0, 0.1) is 11.3 Å². The fourth-order valence-corrected chi connectivity index (χ4v) is 1.22. The van der Waals surface area contributed by atoms with E-state index in [1.54, 1.807) is 6.92 Å². The van der Waals surface area contributed by atoms with Gasteiger partial charge in [0.2, 0.25) is 0 Å². The number of esters is 1. The average molecular weight is 221 g/mol. The highest BCUT2D eigenvalue weighted by atomic mass is 16.5. The van der Waals surface area contributed by atoms with E-state index in [-0.39, 0.29) is 23.5 Å². The molecule has 0 fully saturated rings. The van der Waals surface area contributed by atoms with Crippen LogP contribution < -0.4 is 4.74 Å². The predicted octanol–water partition coefficient (Wildman–Crippen LogP) is 1.45. The zero-order valence-electron chi connectivity index (χ0n) is 8.98. The smallest absolute Gasteiger partial charge is 0.343 e. The normalized spacial score (nSPS) is 9.31. The van der Waals surface area contributed by atoms with Crippen LogP contribution in [0.2, 0.25) is 0 Å². The van der Waals surface area contributed by atoms with Gasteiger partial charge in [0.1, 0.15) is 23.1 Å². The van der Waals surface area contributed by atoms with Crippen molar-refractivity contribution in [2.24, 2.45) is 0 Å². The van der Waals surface area contributed by atoms with Gasteiger partial charge in [0.05, 0.1) is 19.3 Å². The molecule has 0 aliphatic carbocycles. The highest BCUT2D eigenvalue weighted by Crippen LogP contribution is 2.28. The quantitative estimate of drug-likeness (QED) is 0.781. The van der Waals surface area contributed by atoms with Gasteiger partial charge in [-0.1, -0.05) is 0 Å². The Kier molecular flexibility index (Phi) is 3.72. The number of phenolic OH excluding ortho intramolecular Hbond substituents is 1. The Balaban J connectivity index is 3.28. The minimum Gasteiger partial charge on any atom is -0.507 e. The molecule has 0 amide bonds. The van der Waals surface area contributed by atoms with Crippen molar-refractivity contribution in [1.82, 2.24) is 0 Å². The maximum atomic E-state index is 11.5. The van der Waals surface area contributed by atoms with Gasteiger partial charge in [-0.3, -0.25) is 0 Å². The van der Waals surface area contributed by atoms with E-state index in [9.17, 15) is 9.90 Å². The Morgan fingerprint density at radius 3 is 2.75 bits per heavy atom. The Bertz CT molecular complexity index is 448. The molecule has 16 heavy (non-hydrogen) atoms. The summed E-state index contributed by atoms with van der Waals surface area (Å²) >= 11 is 0. The van der Waals surface area contributed by atoms with Crippen molar-refractivity contribution < 1.29 is 19.4 Å². The summed E-state index contributed by atoms with van der Waals surface area (Å²) in [5.74, 6) is -0.740. The van der Waals surface area contributed by atoms with Crippen molar-refractivity contribution in [2.45, 2.75) is 6.92 Å². The largest absolute Gasteiger partial charge is 0.507 e. The molecule has 0 aliphatic rings. The number of benzene rings is 1.